The Hall–Kier alpha value is -1.55. The van der Waals surface area contributed by atoms with Gasteiger partial charge in [0.2, 0.25) is 11.7 Å². The van der Waals surface area contributed by atoms with Crippen LogP contribution in [0.1, 0.15) is 20.3 Å². The number of rotatable bonds is 1. The van der Waals surface area contributed by atoms with Crippen molar-refractivity contribution in [3.63, 3.8) is 0 Å². The van der Waals surface area contributed by atoms with Crippen molar-refractivity contribution < 1.29 is 14.3 Å². The number of nitrogens with zero attached hydrogens (tertiary/aromatic N) is 1. The second kappa shape index (κ2) is 4.37. The number of carbonyl (C=O) groups is 1. The van der Waals surface area contributed by atoms with E-state index in [0.29, 0.717) is 16.6 Å². The standard InChI is InChI=1S/C12H12ClNO3/c1-12(2)16-10(7-11(15)17-12)14-9-5-3-4-8(13)6-9/h3-6H,7H2,1-2H3. The molecule has 0 spiro atoms. The highest BCUT2D eigenvalue weighted by molar-refractivity contribution is 6.30. The first-order valence-corrected chi connectivity index (χ1v) is 5.56. The van der Waals surface area contributed by atoms with E-state index < -0.39 is 5.79 Å². The van der Waals surface area contributed by atoms with Gasteiger partial charge in [0.25, 0.3) is 0 Å². The molecule has 0 saturated carbocycles. The normalized spacial score (nSPS) is 20.9. The minimum absolute atomic E-state index is 0.0376. The predicted octanol–water partition coefficient (Wildman–Crippen LogP) is 3.07. The number of benzene rings is 1. The number of aliphatic imine (C=N–C) groups is 1. The average Bonchev–Trinajstić information content (AvgIpc) is 2.13. The van der Waals surface area contributed by atoms with Crippen LogP contribution in [-0.2, 0) is 14.3 Å². The van der Waals surface area contributed by atoms with Crippen LogP contribution in [-0.4, -0.2) is 17.7 Å². The molecule has 0 aliphatic carbocycles. The van der Waals surface area contributed by atoms with Crippen LogP contribution in [0.3, 0.4) is 0 Å². The third-order valence-corrected chi connectivity index (χ3v) is 2.32. The van der Waals surface area contributed by atoms with E-state index in [-0.39, 0.29) is 12.4 Å². The van der Waals surface area contributed by atoms with Gasteiger partial charge < -0.3 is 9.47 Å². The molecule has 90 valence electrons. The number of ether oxygens (including phenoxy) is 2. The van der Waals surface area contributed by atoms with Gasteiger partial charge in [0.05, 0.1) is 5.69 Å². The van der Waals surface area contributed by atoms with Gasteiger partial charge in [0, 0.05) is 18.9 Å². The first-order chi connectivity index (χ1) is 7.94. The van der Waals surface area contributed by atoms with Crippen molar-refractivity contribution in [3.05, 3.63) is 29.3 Å². The van der Waals surface area contributed by atoms with Crippen molar-refractivity contribution in [2.24, 2.45) is 4.99 Å². The summed E-state index contributed by atoms with van der Waals surface area (Å²) in [5.41, 5.74) is 0.651. The zero-order valence-corrected chi connectivity index (χ0v) is 10.3. The molecule has 1 saturated heterocycles. The van der Waals surface area contributed by atoms with E-state index in [1.165, 1.54) is 0 Å². The Bertz CT molecular complexity index is 482. The van der Waals surface area contributed by atoms with Gasteiger partial charge in [-0.15, -0.1) is 0 Å². The lowest BCUT2D eigenvalue weighted by atomic mass is 10.3. The monoisotopic (exact) mass is 253 g/mol. The fourth-order valence-electron chi connectivity index (χ4n) is 1.53. The van der Waals surface area contributed by atoms with Crippen LogP contribution in [0.4, 0.5) is 5.69 Å². The molecule has 0 radical (unpaired) electrons. The molecule has 1 aliphatic rings. The summed E-state index contributed by atoms with van der Waals surface area (Å²) in [4.78, 5) is 15.6. The van der Waals surface area contributed by atoms with E-state index >= 15 is 0 Å². The number of cyclic esters (lactones) is 1. The summed E-state index contributed by atoms with van der Waals surface area (Å²) in [5.74, 6) is -0.970. The molecule has 0 bridgehead atoms. The topological polar surface area (TPSA) is 47.9 Å². The van der Waals surface area contributed by atoms with Crippen LogP contribution < -0.4 is 0 Å². The summed E-state index contributed by atoms with van der Waals surface area (Å²) in [5, 5.41) is 0.587. The molecule has 1 fully saturated rings. The summed E-state index contributed by atoms with van der Waals surface area (Å²) >= 11 is 5.85. The van der Waals surface area contributed by atoms with Crippen molar-refractivity contribution in [1.29, 1.82) is 0 Å². The average molecular weight is 254 g/mol. The molecule has 0 atom stereocenters. The van der Waals surface area contributed by atoms with Crippen LogP contribution >= 0.6 is 11.6 Å². The lowest BCUT2D eigenvalue weighted by Gasteiger charge is -2.30. The van der Waals surface area contributed by atoms with Gasteiger partial charge in [-0.1, -0.05) is 17.7 Å². The van der Waals surface area contributed by atoms with Gasteiger partial charge >= 0.3 is 5.97 Å². The number of esters is 1. The van der Waals surface area contributed by atoms with E-state index in [9.17, 15) is 4.79 Å². The minimum atomic E-state index is -0.966. The SMILES string of the molecule is CC1(C)OC(=O)CC(=Nc2cccc(Cl)c2)O1. The summed E-state index contributed by atoms with van der Waals surface area (Å²) in [6.45, 7) is 3.33. The van der Waals surface area contributed by atoms with Crippen molar-refractivity contribution in [3.8, 4) is 0 Å². The van der Waals surface area contributed by atoms with Crippen LogP contribution in [0, 0.1) is 0 Å². The second-order valence-corrected chi connectivity index (χ2v) is 4.57. The van der Waals surface area contributed by atoms with Crippen LogP contribution in [0.2, 0.25) is 5.02 Å². The lowest BCUT2D eigenvalue weighted by Crippen LogP contribution is -2.40. The molecule has 0 aromatic heterocycles. The van der Waals surface area contributed by atoms with Crippen molar-refractivity contribution in [1.82, 2.24) is 0 Å². The van der Waals surface area contributed by atoms with Gasteiger partial charge in [-0.05, 0) is 18.2 Å². The Balaban J connectivity index is 2.25. The maximum absolute atomic E-state index is 11.3. The van der Waals surface area contributed by atoms with Gasteiger partial charge in [-0.3, -0.25) is 4.79 Å². The molecule has 1 aromatic rings. The Morgan fingerprint density at radius 2 is 2.12 bits per heavy atom. The minimum Gasteiger partial charge on any atom is -0.439 e. The number of hydrogen-bond acceptors (Lipinski definition) is 4. The van der Waals surface area contributed by atoms with E-state index in [2.05, 4.69) is 4.99 Å². The fraction of sp³-hybridized carbons (Fsp3) is 0.333. The van der Waals surface area contributed by atoms with Gasteiger partial charge in [0.1, 0.15) is 6.42 Å². The third kappa shape index (κ3) is 3.20. The molecule has 2 rings (SSSR count). The quantitative estimate of drug-likeness (QED) is 0.723. The largest absolute Gasteiger partial charge is 0.439 e. The first-order valence-electron chi connectivity index (χ1n) is 5.19. The lowest BCUT2D eigenvalue weighted by molar-refractivity contribution is -0.198. The molecule has 0 amide bonds. The summed E-state index contributed by atoms with van der Waals surface area (Å²) in [6.07, 6.45) is 0.0376. The Morgan fingerprint density at radius 1 is 1.35 bits per heavy atom. The summed E-state index contributed by atoms with van der Waals surface area (Å²) < 4.78 is 10.4. The zero-order chi connectivity index (χ0) is 12.5. The number of hydrogen-bond donors (Lipinski definition) is 0. The fourth-order valence-corrected chi connectivity index (χ4v) is 1.71. The smallest absolute Gasteiger partial charge is 0.318 e. The maximum Gasteiger partial charge on any atom is 0.318 e. The molecule has 0 N–H and O–H groups in total. The number of halogens is 1. The van der Waals surface area contributed by atoms with Crippen molar-refractivity contribution in [2.75, 3.05) is 0 Å². The third-order valence-electron chi connectivity index (χ3n) is 2.08. The molecule has 1 aliphatic heterocycles. The maximum atomic E-state index is 11.3. The Morgan fingerprint density at radius 3 is 2.76 bits per heavy atom. The highest BCUT2D eigenvalue weighted by Gasteiger charge is 2.33. The van der Waals surface area contributed by atoms with Gasteiger partial charge in [-0.2, -0.15) is 0 Å². The van der Waals surface area contributed by atoms with Crippen LogP contribution in [0.5, 0.6) is 0 Å². The number of carbonyl (C=O) groups excluding carboxylic acids is 1. The molecule has 17 heavy (non-hydrogen) atoms. The molecule has 1 aromatic carbocycles. The highest BCUT2D eigenvalue weighted by Crippen LogP contribution is 2.24. The van der Waals surface area contributed by atoms with Crippen LogP contribution in [0.25, 0.3) is 0 Å². The molecule has 5 heteroatoms. The molecule has 0 unspecified atom stereocenters. The van der Waals surface area contributed by atoms with Gasteiger partial charge in [0.15, 0.2) is 0 Å². The van der Waals surface area contributed by atoms with Crippen molar-refractivity contribution >= 4 is 29.2 Å². The zero-order valence-electron chi connectivity index (χ0n) is 9.57. The first kappa shape index (κ1) is 11.9. The summed E-state index contributed by atoms with van der Waals surface area (Å²) in [6, 6.07) is 7.03. The molecular formula is C12H12ClNO3. The Labute approximate surface area is 104 Å². The summed E-state index contributed by atoms with van der Waals surface area (Å²) in [7, 11) is 0. The highest BCUT2D eigenvalue weighted by atomic mass is 35.5. The Kier molecular flexibility index (Phi) is 3.07. The molecule has 1 heterocycles. The predicted molar refractivity (Wildman–Crippen MR) is 64.4 cm³/mol. The second-order valence-electron chi connectivity index (χ2n) is 4.14. The van der Waals surface area contributed by atoms with E-state index in [4.69, 9.17) is 21.1 Å². The molecular weight excluding hydrogens is 242 g/mol. The van der Waals surface area contributed by atoms with Gasteiger partial charge in [-0.25, -0.2) is 4.99 Å². The van der Waals surface area contributed by atoms with Crippen LogP contribution in [0.15, 0.2) is 29.3 Å². The van der Waals surface area contributed by atoms with E-state index in [0.717, 1.165) is 0 Å². The van der Waals surface area contributed by atoms with Crippen molar-refractivity contribution in [2.45, 2.75) is 26.1 Å². The van der Waals surface area contributed by atoms with E-state index in [1.807, 2.05) is 0 Å². The molecule has 4 nitrogen and oxygen atoms in total. The van der Waals surface area contributed by atoms with E-state index in [1.54, 1.807) is 38.1 Å².